The van der Waals surface area contributed by atoms with E-state index in [1.165, 1.54) is 52.1 Å². The number of alkyl carbamates (subject to hydrolysis) is 1. The van der Waals surface area contributed by atoms with Crippen molar-refractivity contribution in [2.45, 2.75) is 66.5 Å². The van der Waals surface area contributed by atoms with Crippen molar-refractivity contribution in [2.24, 2.45) is 0 Å². The fraction of sp³-hybridized carbons (Fsp3) is 0.444. The molecule has 2 amide bonds. The SMILES string of the molecule is C=C(OC)C(=O)Nc1cc(OC)c(OC)cc1C(=O)O[C@@H]1C[C@@H](O[C@@H]2C(=O)[C@H](NC(=O)OC)[C@]34SCC=C3[C@]2(O)c2ccccc2[C@H]4O)O[C@@H](C)[C@@H]1O. The van der Waals surface area contributed by atoms with Crippen molar-refractivity contribution >= 4 is 41.2 Å². The molecule has 2 aromatic rings. The summed E-state index contributed by atoms with van der Waals surface area (Å²) in [5.41, 5.74) is -1.47. The minimum atomic E-state index is -2.11. The van der Waals surface area contributed by atoms with Gasteiger partial charge in [-0.1, -0.05) is 36.9 Å². The number of thioether (sulfide) groups is 1. The number of anilines is 1. The summed E-state index contributed by atoms with van der Waals surface area (Å²) in [4.78, 5) is 53.5. The fourth-order valence-corrected chi connectivity index (χ4v) is 8.95. The van der Waals surface area contributed by atoms with Crippen molar-refractivity contribution < 1.29 is 67.7 Å². The first-order chi connectivity index (χ1) is 25.3. The average molecular weight is 757 g/mol. The Morgan fingerprint density at radius 2 is 1.74 bits per heavy atom. The first-order valence-electron chi connectivity index (χ1n) is 16.5. The van der Waals surface area contributed by atoms with Gasteiger partial charge < -0.3 is 59.1 Å². The van der Waals surface area contributed by atoms with Crippen LogP contribution >= 0.6 is 11.8 Å². The lowest BCUT2D eigenvalue weighted by Gasteiger charge is -2.58. The topological polar surface area (TPSA) is 218 Å². The number of fused-ring (bicyclic) bond motifs is 2. The number of Topliss-reactive ketones (excluding diaryl/α,β-unsaturated/α-hetero) is 1. The molecule has 2 fully saturated rings. The molecule has 53 heavy (non-hydrogen) atoms. The van der Waals surface area contributed by atoms with Gasteiger partial charge in [-0.25, -0.2) is 9.59 Å². The van der Waals surface area contributed by atoms with Crippen LogP contribution in [0.4, 0.5) is 10.5 Å². The molecule has 9 atom stereocenters. The zero-order chi connectivity index (χ0) is 38.4. The van der Waals surface area contributed by atoms with Gasteiger partial charge in [0.15, 0.2) is 35.4 Å². The van der Waals surface area contributed by atoms with Gasteiger partial charge in [0, 0.05) is 24.3 Å². The predicted octanol–water partition coefficient (Wildman–Crippen LogP) is 1.86. The molecule has 17 heteroatoms. The maximum absolute atomic E-state index is 14.5. The van der Waals surface area contributed by atoms with Gasteiger partial charge in [0.1, 0.15) is 30.0 Å². The first-order valence-corrected chi connectivity index (χ1v) is 17.5. The van der Waals surface area contributed by atoms with Crippen molar-refractivity contribution in [1.82, 2.24) is 5.32 Å². The van der Waals surface area contributed by atoms with Gasteiger partial charge in [-0.3, -0.25) is 9.59 Å². The number of rotatable bonds is 10. The summed E-state index contributed by atoms with van der Waals surface area (Å²) in [6, 6.07) is 7.77. The van der Waals surface area contributed by atoms with Gasteiger partial charge in [0.2, 0.25) is 0 Å². The Balaban J connectivity index is 1.33. The number of methoxy groups -OCH3 is 4. The lowest BCUT2D eigenvalue weighted by molar-refractivity contribution is -0.275. The van der Waals surface area contributed by atoms with Crippen molar-refractivity contribution in [2.75, 3.05) is 39.5 Å². The number of amides is 2. The monoisotopic (exact) mass is 756 g/mol. The van der Waals surface area contributed by atoms with Crippen LogP contribution in [-0.4, -0.2) is 115 Å². The highest BCUT2D eigenvalue weighted by atomic mass is 32.2. The van der Waals surface area contributed by atoms with Gasteiger partial charge in [-0.15, -0.1) is 11.8 Å². The molecule has 2 bridgehead atoms. The second-order valence-electron chi connectivity index (χ2n) is 12.7. The molecule has 0 radical (unpaired) electrons. The van der Waals surface area contributed by atoms with E-state index in [-0.39, 0.29) is 46.1 Å². The first kappa shape index (κ1) is 38.1. The van der Waals surface area contributed by atoms with Gasteiger partial charge in [-0.2, -0.15) is 0 Å². The molecule has 4 aliphatic rings. The Morgan fingerprint density at radius 1 is 1.04 bits per heavy atom. The van der Waals surface area contributed by atoms with Gasteiger partial charge >= 0.3 is 12.1 Å². The van der Waals surface area contributed by atoms with E-state index in [0.717, 1.165) is 7.11 Å². The van der Waals surface area contributed by atoms with Crippen molar-refractivity contribution in [1.29, 1.82) is 0 Å². The van der Waals surface area contributed by atoms with E-state index in [0.29, 0.717) is 11.3 Å². The number of esters is 1. The number of carbonyl (C=O) groups excluding carboxylic acids is 4. The van der Waals surface area contributed by atoms with Crippen LogP contribution in [0.15, 0.2) is 60.4 Å². The molecule has 0 aromatic heterocycles. The quantitative estimate of drug-likeness (QED) is 0.101. The van der Waals surface area contributed by atoms with Crippen LogP contribution in [0.5, 0.6) is 11.5 Å². The Kier molecular flexibility index (Phi) is 10.5. The summed E-state index contributed by atoms with van der Waals surface area (Å²) in [5, 5.41) is 40.7. The van der Waals surface area contributed by atoms with E-state index in [9.17, 15) is 34.5 Å². The average Bonchev–Trinajstić information content (AvgIpc) is 3.63. The molecular weight excluding hydrogens is 716 g/mol. The van der Waals surface area contributed by atoms with E-state index < -0.39 is 77.0 Å². The Bertz CT molecular complexity index is 1870. The fourth-order valence-electron chi connectivity index (χ4n) is 7.41. The van der Waals surface area contributed by atoms with Crippen LogP contribution in [0, 0.1) is 0 Å². The lowest BCUT2D eigenvalue weighted by Crippen LogP contribution is -2.73. The van der Waals surface area contributed by atoms with Crippen LogP contribution in [0.2, 0.25) is 0 Å². The molecular formula is C36H40N2O14S. The summed E-state index contributed by atoms with van der Waals surface area (Å²) < 4.78 is 37.0. The number of benzene rings is 2. The molecule has 16 nitrogen and oxygen atoms in total. The number of nitrogens with one attached hydrogen (secondary N) is 2. The van der Waals surface area contributed by atoms with Gasteiger partial charge in [0.25, 0.3) is 5.91 Å². The molecule has 2 heterocycles. The molecule has 6 rings (SSSR count). The molecule has 284 valence electrons. The normalized spacial score (nSPS) is 31.2. The molecule has 5 N–H and O–H groups in total. The van der Waals surface area contributed by atoms with Gasteiger partial charge in [-0.05, 0) is 23.6 Å². The van der Waals surface area contributed by atoms with E-state index >= 15 is 0 Å². The number of aliphatic hydroxyl groups excluding tert-OH is 2. The van der Waals surface area contributed by atoms with Crippen LogP contribution in [0.1, 0.15) is 40.9 Å². The molecule has 0 unspecified atom stereocenters. The standard InChI is InChI=1S/C36H40N2O14S/c1-16-27(39)24(51-33(43)19-13-22(47-4)23(48-5)14-21(19)37-32(42)17(2)46-3)15-26(50-16)52-31-28(40)29(38-34(44)49-6)36-25(11-12-53-36)35(31,45)20-10-8-7-9-18(20)30(36)41/h7-11,13-14,16,24,26-27,29-31,39,41,45H,2,12,15H2,1,3-6H3,(H,37,42)(H,38,44)/t16-,24+,26+,27-,29-,30+,31+,35+,36+/m0/s1. The third-order valence-electron chi connectivity index (χ3n) is 10.0. The van der Waals surface area contributed by atoms with E-state index in [2.05, 4.69) is 17.2 Å². The Morgan fingerprint density at radius 3 is 2.42 bits per heavy atom. The third-order valence-corrected chi connectivity index (χ3v) is 11.5. The molecule has 1 saturated heterocycles. The molecule has 2 aliphatic heterocycles. The molecule has 2 aliphatic carbocycles. The van der Waals surface area contributed by atoms with Crippen molar-refractivity contribution in [3.63, 3.8) is 0 Å². The molecule has 0 spiro atoms. The number of ether oxygens (including phenoxy) is 7. The highest BCUT2D eigenvalue weighted by Crippen LogP contribution is 2.64. The van der Waals surface area contributed by atoms with E-state index in [1.807, 2.05) is 0 Å². The summed E-state index contributed by atoms with van der Waals surface area (Å²) in [5.74, 6) is -2.12. The highest BCUT2D eigenvalue weighted by Gasteiger charge is 2.72. The third kappa shape index (κ3) is 6.20. The largest absolute Gasteiger partial charge is 0.493 e. The summed E-state index contributed by atoms with van der Waals surface area (Å²) in [6.07, 6.45) is -7.58. The number of hydrogen-bond acceptors (Lipinski definition) is 15. The maximum Gasteiger partial charge on any atom is 0.407 e. The molecule has 2 aromatic carbocycles. The predicted molar refractivity (Wildman–Crippen MR) is 186 cm³/mol. The minimum Gasteiger partial charge on any atom is -0.493 e. The van der Waals surface area contributed by atoms with Crippen molar-refractivity contribution in [3.8, 4) is 11.5 Å². The van der Waals surface area contributed by atoms with Crippen LogP contribution in [0.3, 0.4) is 0 Å². The number of aliphatic hydroxyl groups is 3. The highest BCUT2D eigenvalue weighted by molar-refractivity contribution is 8.01. The second-order valence-corrected chi connectivity index (χ2v) is 14.0. The van der Waals surface area contributed by atoms with Crippen molar-refractivity contribution in [3.05, 3.63) is 77.1 Å². The van der Waals surface area contributed by atoms with Gasteiger partial charge in [0.05, 0.1) is 50.5 Å². The zero-order valence-electron chi connectivity index (χ0n) is 29.4. The van der Waals surface area contributed by atoms with E-state index in [4.69, 9.17) is 33.2 Å². The minimum absolute atomic E-state index is 0.0400. The summed E-state index contributed by atoms with van der Waals surface area (Å²) in [6.45, 7) is 5.03. The Labute approximate surface area is 308 Å². The van der Waals surface area contributed by atoms with Crippen LogP contribution in [0.25, 0.3) is 0 Å². The summed E-state index contributed by atoms with van der Waals surface area (Å²) >= 11 is 1.20. The number of ketones is 1. The lowest BCUT2D eigenvalue weighted by atomic mass is 9.57. The maximum atomic E-state index is 14.5. The van der Waals surface area contributed by atoms with Crippen LogP contribution in [-0.2, 0) is 38.9 Å². The summed E-state index contributed by atoms with van der Waals surface area (Å²) in [7, 11) is 5.11. The number of hydrogen-bond donors (Lipinski definition) is 5. The van der Waals surface area contributed by atoms with Crippen LogP contribution < -0.4 is 20.1 Å². The second kappa shape index (κ2) is 14.6. The van der Waals surface area contributed by atoms with E-state index in [1.54, 1.807) is 30.3 Å². The zero-order valence-corrected chi connectivity index (χ0v) is 30.3. The molecule has 1 saturated carbocycles. The smallest absolute Gasteiger partial charge is 0.407 e. The number of carbonyl (C=O) groups is 4. The Hall–Kier alpha value is -4.65.